The zero-order valence-corrected chi connectivity index (χ0v) is 13.8. The Balaban J connectivity index is 2.12. The van der Waals surface area contributed by atoms with Gasteiger partial charge in [0.15, 0.2) is 0 Å². The zero-order chi connectivity index (χ0) is 16.1. The second-order valence-corrected chi connectivity index (χ2v) is 6.73. The smallest absolute Gasteiger partial charge is 0.242 e. The molecule has 0 saturated heterocycles. The van der Waals surface area contributed by atoms with Crippen LogP contribution in [-0.2, 0) is 18.4 Å². The summed E-state index contributed by atoms with van der Waals surface area (Å²) >= 11 is 0. The van der Waals surface area contributed by atoms with Gasteiger partial charge in [0.1, 0.15) is 6.54 Å². The summed E-state index contributed by atoms with van der Waals surface area (Å²) in [5.74, 6) is 0.0963. The molecule has 1 aromatic carbocycles. The van der Waals surface area contributed by atoms with Crippen molar-refractivity contribution < 1.29 is 4.79 Å². The molecule has 0 saturated carbocycles. The highest BCUT2D eigenvalue weighted by Gasteiger charge is 2.24. The summed E-state index contributed by atoms with van der Waals surface area (Å²) in [5, 5.41) is 5.47. The molecule has 0 aliphatic rings. The number of hydrogen-bond donors (Lipinski definition) is 0. The topological polar surface area (TPSA) is 43.1 Å². The van der Waals surface area contributed by atoms with Gasteiger partial charge in [-0.15, -0.1) is 0 Å². The Labute approximate surface area is 130 Å². The van der Waals surface area contributed by atoms with Gasteiger partial charge in [0.05, 0.1) is 22.7 Å². The number of para-hydroxylation sites is 1. The molecule has 0 aliphatic carbocycles. The molecule has 5 nitrogen and oxygen atoms in total. The molecule has 22 heavy (non-hydrogen) atoms. The van der Waals surface area contributed by atoms with E-state index in [1.807, 2.05) is 57.9 Å². The van der Waals surface area contributed by atoms with Crippen LogP contribution in [-0.4, -0.2) is 37.7 Å². The third-order valence-corrected chi connectivity index (χ3v) is 4.33. The Morgan fingerprint density at radius 3 is 2.59 bits per heavy atom. The van der Waals surface area contributed by atoms with E-state index < -0.39 is 0 Å². The van der Waals surface area contributed by atoms with E-state index in [0.717, 1.165) is 21.9 Å². The average molecular weight is 298 g/mol. The van der Waals surface area contributed by atoms with E-state index in [2.05, 4.69) is 21.8 Å². The molecule has 0 atom stereocenters. The van der Waals surface area contributed by atoms with Crippen molar-refractivity contribution in [3.05, 3.63) is 30.5 Å². The summed E-state index contributed by atoms with van der Waals surface area (Å²) in [4.78, 5) is 14.4. The molecule has 0 fully saturated rings. The monoisotopic (exact) mass is 298 g/mol. The number of nitrogens with zero attached hydrogens (tertiary/aromatic N) is 4. The van der Waals surface area contributed by atoms with Crippen LogP contribution in [0.3, 0.4) is 0 Å². The quantitative estimate of drug-likeness (QED) is 0.730. The minimum absolute atomic E-state index is 0.0963. The molecule has 2 aromatic heterocycles. The van der Waals surface area contributed by atoms with Gasteiger partial charge < -0.3 is 9.47 Å². The molecule has 2 heterocycles. The lowest BCUT2D eigenvalue weighted by Crippen LogP contribution is -2.44. The fourth-order valence-electron chi connectivity index (χ4n) is 2.76. The Morgan fingerprint density at radius 2 is 1.91 bits per heavy atom. The van der Waals surface area contributed by atoms with E-state index in [4.69, 9.17) is 0 Å². The Bertz CT molecular complexity index is 851. The summed E-state index contributed by atoms with van der Waals surface area (Å²) in [6.07, 6.45) is 1.83. The van der Waals surface area contributed by atoms with Crippen molar-refractivity contribution in [1.82, 2.24) is 19.2 Å². The molecule has 116 valence electrons. The average Bonchev–Trinajstić information content (AvgIpc) is 2.97. The van der Waals surface area contributed by atoms with Crippen LogP contribution >= 0.6 is 0 Å². The van der Waals surface area contributed by atoms with Gasteiger partial charge in [-0.25, -0.2) is 0 Å². The highest BCUT2D eigenvalue weighted by molar-refractivity contribution is 6.06. The molecule has 3 rings (SSSR count). The first-order chi connectivity index (χ1) is 10.3. The second-order valence-electron chi connectivity index (χ2n) is 6.73. The van der Waals surface area contributed by atoms with Gasteiger partial charge in [-0.1, -0.05) is 18.2 Å². The highest BCUT2D eigenvalue weighted by atomic mass is 16.2. The number of aryl methyl sites for hydroxylation is 1. The number of aromatic nitrogens is 3. The predicted molar refractivity (Wildman–Crippen MR) is 88.7 cm³/mol. The van der Waals surface area contributed by atoms with E-state index in [0.29, 0.717) is 6.54 Å². The van der Waals surface area contributed by atoms with Crippen LogP contribution in [0.1, 0.15) is 20.8 Å². The first-order valence-electron chi connectivity index (χ1n) is 7.46. The molecule has 0 aliphatic heterocycles. The van der Waals surface area contributed by atoms with Crippen LogP contribution in [0.2, 0.25) is 0 Å². The molecular weight excluding hydrogens is 276 g/mol. The largest absolute Gasteiger partial charge is 0.339 e. The van der Waals surface area contributed by atoms with Crippen LogP contribution in [0.25, 0.3) is 21.9 Å². The lowest BCUT2D eigenvalue weighted by molar-refractivity contribution is -0.134. The van der Waals surface area contributed by atoms with Gasteiger partial charge in [-0.05, 0) is 26.8 Å². The fourth-order valence-corrected chi connectivity index (χ4v) is 2.76. The van der Waals surface area contributed by atoms with Gasteiger partial charge in [-0.2, -0.15) is 5.10 Å². The normalized spacial score (nSPS) is 12.2. The number of amides is 1. The standard InChI is InChI=1S/C17H22N4O/c1-17(2,3)19(4)15(22)11-21-13-9-7-6-8-12(13)16-14(21)10-18-20(16)5/h6-10H,11H2,1-5H3. The summed E-state index contributed by atoms with van der Waals surface area (Å²) in [6, 6.07) is 8.15. The van der Waals surface area contributed by atoms with Crippen molar-refractivity contribution in [2.45, 2.75) is 32.9 Å². The SMILES string of the molecule is CN(C(=O)Cn1c2ccccc2c2c1cnn2C)C(C)(C)C. The van der Waals surface area contributed by atoms with Crippen molar-refractivity contribution in [1.29, 1.82) is 0 Å². The van der Waals surface area contributed by atoms with Gasteiger partial charge >= 0.3 is 0 Å². The van der Waals surface area contributed by atoms with Crippen LogP contribution in [0, 0.1) is 0 Å². The van der Waals surface area contributed by atoms with Crippen molar-refractivity contribution in [2.24, 2.45) is 7.05 Å². The Hall–Kier alpha value is -2.30. The van der Waals surface area contributed by atoms with E-state index in [1.165, 1.54) is 0 Å². The first kappa shape index (κ1) is 14.6. The maximum absolute atomic E-state index is 12.6. The number of benzene rings is 1. The molecule has 0 radical (unpaired) electrons. The van der Waals surface area contributed by atoms with E-state index in [9.17, 15) is 4.79 Å². The zero-order valence-electron chi connectivity index (χ0n) is 13.8. The van der Waals surface area contributed by atoms with Gasteiger partial charge in [-0.3, -0.25) is 9.48 Å². The maximum atomic E-state index is 12.6. The summed E-state index contributed by atoms with van der Waals surface area (Å²) < 4.78 is 3.92. The highest BCUT2D eigenvalue weighted by Crippen LogP contribution is 2.28. The minimum atomic E-state index is -0.186. The van der Waals surface area contributed by atoms with E-state index in [1.54, 1.807) is 4.90 Å². The van der Waals surface area contributed by atoms with Crippen molar-refractivity contribution >= 4 is 27.8 Å². The Morgan fingerprint density at radius 1 is 1.23 bits per heavy atom. The molecule has 0 N–H and O–H groups in total. The minimum Gasteiger partial charge on any atom is -0.339 e. The third kappa shape index (κ3) is 2.17. The maximum Gasteiger partial charge on any atom is 0.242 e. The summed E-state index contributed by atoms with van der Waals surface area (Å²) in [5.41, 5.74) is 2.95. The van der Waals surface area contributed by atoms with Crippen molar-refractivity contribution in [2.75, 3.05) is 7.05 Å². The fraction of sp³-hybridized carbons (Fsp3) is 0.412. The van der Waals surface area contributed by atoms with Crippen LogP contribution < -0.4 is 0 Å². The predicted octanol–water partition coefficient (Wildman–Crippen LogP) is 2.78. The number of likely N-dealkylation sites (N-methyl/N-ethyl adjacent to an activating group) is 1. The van der Waals surface area contributed by atoms with E-state index >= 15 is 0 Å². The molecule has 0 bridgehead atoms. The lowest BCUT2D eigenvalue weighted by Gasteiger charge is -2.32. The summed E-state index contributed by atoms with van der Waals surface area (Å²) in [7, 11) is 3.79. The number of rotatable bonds is 2. The first-order valence-corrected chi connectivity index (χ1v) is 7.46. The number of fused-ring (bicyclic) bond motifs is 3. The molecule has 3 aromatic rings. The molecular formula is C17H22N4O. The third-order valence-electron chi connectivity index (χ3n) is 4.33. The molecule has 0 spiro atoms. The number of carbonyl (C=O) groups excluding carboxylic acids is 1. The van der Waals surface area contributed by atoms with Gasteiger partial charge in [0.25, 0.3) is 0 Å². The number of hydrogen-bond acceptors (Lipinski definition) is 2. The lowest BCUT2D eigenvalue weighted by atomic mass is 10.1. The van der Waals surface area contributed by atoms with Gasteiger partial charge in [0.2, 0.25) is 5.91 Å². The van der Waals surface area contributed by atoms with Crippen molar-refractivity contribution in [3.8, 4) is 0 Å². The molecule has 0 unspecified atom stereocenters. The van der Waals surface area contributed by atoms with Gasteiger partial charge in [0, 0.05) is 25.0 Å². The van der Waals surface area contributed by atoms with Crippen LogP contribution in [0.15, 0.2) is 30.5 Å². The van der Waals surface area contributed by atoms with E-state index in [-0.39, 0.29) is 11.4 Å². The molecule has 5 heteroatoms. The van der Waals surface area contributed by atoms with Crippen LogP contribution in [0.5, 0.6) is 0 Å². The second kappa shape index (κ2) is 4.87. The Kier molecular flexibility index (Phi) is 3.24. The van der Waals surface area contributed by atoms with Crippen LogP contribution in [0.4, 0.5) is 0 Å². The van der Waals surface area contributed by atoms with Crippen molar-refractivity contribution in [3.63, 3.8) is 0 Å². The summed E-state index contributed by atoms with van der Waals surface area (Å²) in [6.45, 7) is 6.44. The number of carbonyl (C=O) groups is 1. The molecule has 1 amide bonds.